The lowest BCUT2D eigenvalue weighted by atomic mass is 10.0. The summed E-state index contributed by atoms with van der Waals surface area (Å²) < 4.78 is 39.5. The minimum atomic E-state index is -1.34. The summed E-state index contributed by atoms with van der Waals surface area (Å²) in [4.78, 5) is 31.6. The molecule has 3 aliphatic rings. The van der Waals surface area contributed by atoms with Crippen molar-refractivity contribution in [3.05, 3.63) is 78.7 Å². The lowest BCUT2D eigenvalue weighted by molar-refractivity contribution is -0.133. The van der Waals surface area contributed by atoms with Crippen LogP contribution >= 0.6 is 0 Å². The van der Waals surface area contributed by atoms with E-state index in [0.717, 1.165) is 38.9 Å². The van der Waals surface area contributed by atoms with Gasteiger partial charge in [-0.2, -0.15) is 0 Å². The summed E-state index contributed by atoms with van der Waals surface area (Å²) in [5.74, 6) is -0.209. The van der Waals surface area contributed by atoms with Gasteiger partial charge < -0.3 is 30.0 Å². The lowest BCUT2D eigenvalue weighted by Crippen LogP contribution is -2.46. The van der Waals surface area contributed by atoms with Crippen molar-refractivity contribution in [1.29, 1.82) is 0 Å². The van der Waals surface area contributed by atoms with Crippen molar-refractivity contribution in [2.24, 2.45) is 11.1 Å². The minimum Gasteiger partial charge on any atom is -0.493 e. The first-order valence-corrected chi connectivity index (χ1v) is 15.9. The number of para-hydroxylation sites is 1. The maximum atomic E-state index is 15.8. The van der Waals surface area contributed by atoms with E-state index < -0.39 is 23.0 Å². The van der Waals surface area contributed by atoms with Crippen LogP contribution in [0.25, 0.3) is 10.9 Å². The number of benzene rings is 3. The zero-order chi connectivity index (χ0) is 32.6. The largest absolute Gasteiger partial charge is 0.493 e. The third-order valence-electron chi connectivity index (χ3n) is 9.31. The van der Waals surface area contributed by atoms with Crippen LogP contribution in [0.2, 0.25) is 0 Å². The Kier molecular flexibility index (Phi) is 8.19. The number of ether oxygens (including phenoxy) is 4. The van der Waals surface area contributed by atoms with Crippen LogP contribution in [0.4, 0.5) is 15.8 Å². The molecule has 3 N–H and O–H groups in total. The smallest absolute Gasteiger partial charge is 0.247 e. The Labute approximate surface area is 271 Å². The van der Waals surface area contributed by atoms with E-state index in [1.807, 2.05) is 6.07 Å². The summed E-state index contributed by atoms with van der Waals surface area (Å²) in [6.45, 7) is 2.07. The highest BCUT2D eigenvalue weighted by atomic mass is 19.1. The van der Waals surface area contributed by atoms with Crippen molar-refractivity contribution in [1.82, 2.24) is 10.3 Å². The van der Waals surface area contributed by atoms with E-state index in [-0.39, 0.29) is 17.0 Å². The molecule has 0 unspecified atom stereocenters. The fourth-order valence-electron chi connectivity index (χ4n) is 6.17. The highest BCUT2D eigenvalue weighted by molar-refractivity contribution is 6.16. The molecule has 244 valence electrons. The van der Waals surface area contributed by atoms with Crippen molar-refractivity contribution >= 4 is 34.1 Å². The first kappa shape index (κ1) is 30.9. The molecule has 1 saturated heterocycles. The van der Waals surface area contributed by atoms with Gasteiger partial charge in [0.15, 0.2) is 17.3 Å². The van der Waals surface area contributed by atoms with Crippen LogP contribution < -0.4 is 30.2 Å². The van der Waals surface area contributed by atoms with E-state index >= 15 is 4.39 Å². The Balaban J connectivity index is 1.12. The third kappa shape index (κ3) is 6.20. The second-order valence-electron chi connectivity index (χ2n) is 12.6. The number of primary amides is 1. The summed E-state index contributed by atoms with van der Waals surface area (Å²) in [5, 5.41) is 4.43. The maximum absolute atomic E-state index is 15.8. The molecule has 11 heteroatoms. The number of nitrogens with zero attached hydrogens (tertiary/aromatic N) is 2. The van der Waals surface area contributed by atoms with Crippen LogP contribution in [0.3, 0.4) is 0 Å². The number of anilines is 2. The van der Waals surface area contributed by atoms with Crippen LogP contribution in [0.1, 0.15) is 38.5 Å². The first-order valence-electron chi connectivity index (χ1n) is 15.9. The monoisotopic (exact) mass is 640 g/mol. The maximum Gasteiger partial charge on any atom is 0.247 e. The van der Waals surface area contributed by atoms with Crippen LogP contribution in [0.15, 0.2) is 72.9 Å². The van der Waals surface area contributed by atoms with Gasteiger partial charge in [-0.15, -0.1) is 0 Å². The minimum absolute atomic E-state index is 0.0103. The molecular weight excluding hydrogens is 603 g/mol. The zero-order valence-electron chi connectivity index (χ0n) is 26.2. The van der Waals surface area contributed by atoms with Crippen LogP contribution in [-0.4, -0.2) is 55.3 Å². The quantitative estimate of drug-likeness (QED) is 0.187. The average Bonchev–Trinajstić information content (AvgIpc) is 4.02. The number of amides is 2. The second-order valence-corrected chi connectivity index (χ2v) is 12.6. The normalized spacial score (nSPS) is 17.9. The van der Waals surface area contributed by atoms with Gasteiger partial charge in [0.25, 0.3) is 0 Å². The first-order chi connectivity index (χ1) is 22.8. The Morgan fingerprint density at radius 2 is 1.77 bits per heavy atom. The van der Waals surface area contributed by atoms with E-state index in [4.69, 9.17) is 24.7 Å². The molecular formula is C36H37FN4O6. The molecule has 1 aliphatic heterocycles. The van der Waals surface area contributed by atoms with Crippen molar-refractivity contribution in [3.63, 3.8) is 0 Å². The molecule has 2 amide bonds. The Bertz CT molecular complexity index is 1800. The molecule has 2 saturated carbocycles. The van der Waals surface area contributed by atoms with Crippen molar-refractivity contribution in [3.8, 4) is 23.0 Å². The number of hydrogen-bond donors (Lipinski definition) is 2. The number of halogens is 1. The van der Waals surface area contributed by atoms with E-state index in [1.165, 1.54) is 17.0 Å². The van der Waals surface area contributed by atoms with Gasteiger partial charge in [0.05, 0.1) is 23.9 Å². The number of nitrogens with one attached hydrogen (secondary N) is 1. The van der Waals surface area contributed by atoms with Crippen molar-refractivity contribution in [2.45, 2.75) is 50.1 Å². The van der Waals surface area contributed by atoms with Crippen LogP contribution in [0.5, 0.6) is 23.0 Å². The molecule has 2 aliphatic carbocycles. The predicted octanol–water partition coefficient (Wildman–Crippen LogP) is 5.79. The number of pyridine rings is 1. The Morgan fingerprint density at radius 1 is 1.00 bits per heavy atom. The molecule has 2 heterocycles. The summed E-state index contributed by atoms with van der Waals surface area (Å²) in [6.07, 6.45) is 6.37. The highest BCUT2D eigenvalue weighted by Crippen LogP contribution is 2.49. The fourth-order valence-corrected chi connectivity index (χ4v) is 6.17. The summed E-state index contributed by atoms with van der Waals surface area (Å²) >= 11 is 0. The number of fused-ring (bicyclic) bond motifs is 1. The molecule has 10 nitrogen and oxygen atoms in total. The Hall–Kier alpha value is -4.74. The average molecular weight is 641 g/mol. The number of aromatic nitrogens is 1. The highest BCUT2D eigenvalue weighted by Gasteiger charge is 2.57. The Morgan fingerprint density at radius 3 is 2.43 bits per heavy atom. The molecule has 0 bridgehead atoms. The lowest BCUT2D eigenvalue weighted by Gasteiger charge is -2.28. The zero-order valence-corrected chi connectivity index (χ0v) is 26.2. The third-order valence-corrected chi connectivity index (χ3v) is 9.31. The molecule has 4 aromatic rings. The van der Waals surface area contributed by atoms with Crippen molar-refractivity contribution in [2.75, 3.05) is 31.8 Å². The number of carbonyl (C=O) groups excluding carboxylic acids is 2. The molecule has 1 aromatic heterocycles. The number of nitrogens with two attached hydrogens (primary N) is 1. The van der Waals surface area contributed by atoms with E-state index in [9.17, 15) is 9.59 Å². The van der Waals surface area contributed by atoms with E-state index in [0.29, 0.717) is 59.3 Å². The van der Waals surface area contributed by atoms with E-state index in [1.54, 1.807) is 61.8 Å². The summed E-state index contributed by atoms with van der Waals surface area (Å²) in [5.41, 5.74) is 5.25. The van der Waals surface area contributed by atoms with Gasteiger partial charge in [0, 0.05) is 48.7 Å². The van der Waals surface area contributed by atoms with Gasteiger partial charge in [-0.25, -0.2) is 4.39 Å². The molecule has 3 fully saturated rings. The van der Waals surface area contributed by atoms with Crippen LogP contribution in [-0.2, 0) is 14.3 Å². The number of rotatable bonds is 12. The summed E-state index contributed by atoms with van der Waals surface area (Å²) in [6, 6.07) is 18.6. The van der Waals surface area contributed by atoms with Gasteiger partial charge in [-0.1, -0.05) is 18.2 Å². The van der Waals surface area contributed by atoms with Gasteiger partial charge in [0.1, 0.15) is 23.5 Å². The number of carbonyl (C=O) groups is 2. The molecule has 0 atom stereocenters. The molecule has 0 radical (unpaired) electrons. The van der Waals surface area contributed by atoms with Crippen LogP contribution in [0, 0.1) is 11.2 Å². The van der Waals surface area contributed by atoms with Gasteiger partial charge in [0.2, 0.25) is 11.8 Å². The van der Waals surface area contributed by atoms with Gasteiger partial charge >= 0.3 is 0 Å². The standard InChI is InChI=1S/C36H37FN4O6/c1-44-31-20-26-28(21-32(31)46-22-35(12-13-35)40-23-10-17-45-18-11-23)39-16-9-30(26)47-25-7-8-29(27(37)19-25)41(24-5-3-2-4-6-24)34(43)36(14-15-36)33(38)42/h2-9,16,19-21,23,40H,10-15,17-18,22H2,1H3,(H2,38,42). The number of methoxy groups -OCH3 is 1. The molecule has 47 heavy (non-hydrogen) atoms. The molecule has 7 rings (SSSR count). The van der Waals surface area contributed by atoms with Crippen molar-refractivity contribution < 1.29 is 32.9 Å². The second kappa shape index (κ2) is 12.5. The van der Waals surface area contributed by atoms with Gasteiger partial charge in [-0.3, -0.25) is 19.5 Å². The SMILES string of the molecule is COc1cc2c(Oc3ccc(N(C(=O)C4(C(N)=O)CC4)c4ccccc4)c(F)c3)ccnc2cc1OCC1(NC2CCOCC2)CC1. The molecule has 0 spiro atoms. The predicted molar refractivity (Wildman–Crippen MR) is 174 cm³/mol. The molecule has 3 aromatic carbocycles. The number of hydrogen-bond acceptors (Lipinski definition) is 8. The topological polar surface area (TPSA) is 125 Å². The fraction of sp³-hybridized carbons (Fsp3) is 0.361. The van der Waals surface area contributed by atoms with Gasteiger partial charge in [-0.05, 0) is 74.9 Å². The van der Waals surface area contributed by atoms with E-state index in [2.05, 4.69) is 10.3 Å². The summed E-state index contributed by atoms with van der Waals surface area (Å²) in [7, 11) is 1.58.